The number of para-hydroxylation sites is 1. The van der Waals surface area contributed by atoms with Crippen molar-refractivity contribution in [1.29, 1.82) is 0 Å². The zero-order valence-electron chi connectivity index (χ0n) is 19.4. The SMILES string of the molecule is C=CCOCC(COc1ccc(OCCOc2ccccc2)c2ccccc12)OC(=O)C(=C)C. The van der Waals surface area contributed by atoms with Crippen molar-refractivity contribution < 1.29 is 28.5 Å². The van der Waals surface area contributed by atoms with Crippen LogP contribution in [0.25, 0.3) is 10.8 Å². The van der Waals surface area contributed by atoms with Crippen LogP contribution in [0.4, 0.5) is 0 Å². The molecule has 0 aliphatic rings. The predicted octanol–water partition coefficient (Wildman–Crippen LogP) is 5.37. The maximum absolute atomic E-state index is 12.0. The normalized spacial score (nSPS) is 11.4. The lowest BCUT2D eigenvalue weighted by atomic mass is 10.1. The molecule has 1 unspecified atom stereocenters. The van der Waals surface area contributed by atoms with Gasteiger partial charge in [-0.3, -0.25) is 0 Å². The Hall–Kier alpha value is -3.77. The van der Waals surface area contributed by atoms with Crippen molar-refractivity contribution in [3.8, 4) is 17.2 Å². The fraction of sp³-hybridized carbons (Fsp3) is 0.250. The zero-order valence-corrected chi connectivity index (χ0v) is 19.4. The van der Waals surface area contributed by atoms with Crippen molar-refractivity contribution in [2.45, 2.75) is 13.0 Å². The first-order valence-corrected chi connectivity index (χ1v) is 11.1. The molecule has 3 aromatic rings. The standard InChI is InChI=1S/C28H30O6/c1-4-16-30-19-23(34-28(29)21(2)3)20-33-27-15-14-26(24-12-8-9-13-25(24)27)32-18-17-31-22-10-6-5-7-11-22/h4-15,23H,1-2,16-20H2,3H3. The van der Waals surface area contributed by atoms with Crippen LogP contribution in [0.15, 0.2) is 91.5 Å². The van der Waals surface area contributed by atoms with Gasteiger partial charge in [0, 0.05) is 16.3 Å². The molecule has 6 heteroatoms. The highest BCUT2D eigenvalue weighted by Crippen LogP contribution is 2.33. The largest absolute Gasteiger partial charge is 0.490 e. The molecule has 178 valence electrons. The minimum Gasteiger partial charge on any atom is -0.490 e. The number of hydrogen-bond donors (Lipinski definition) is 0. The molecule has 1 atom stereocenters. The van der Waals surface area contributed by atoms with E-state index >= 15 is 0 Å². The highest BCUT2D eigenvalue weighted by atomic mass is 16.6. The Morgan fingerprint density at radius 1 is 0.853 bits per heavy atom. The van der Waals surface area contributed by atoms with Crippen molar-refractivity contribution in [3.63, 3.8) is 0 Å². The highest BCUT2D eigenvalue weighted by Gasteiger charge is 2.17. The van der Waals surface area contributed by atoms with Crippen LogP contribution in [0.3, 0.4) is 0 Å². The lowest BCUT2D eigenvalue weighted by Crippen LogP contribution is -2.30. The fourth-order valence-corrected chi connectivity index (χ4v) is 3.16. The zero-order chi connectivity index (χ0) is 24.2. The lowest BCUT2D eigenvalue weighted by molar-refractivity contribution is -0.148. The van der Waals surface area contributed by atoms with E-state index in [2.05, 4.69) is 13.2 Å². The molecule has 0 aliphatic carbocycles. The van der Waals surface area contributed by atoms with Crippen LogP contribution < -0.4 is 14.2 Å². The van der Waals surface area contributed by atoms with Crippen LogP contribution in [0.2, 0.25) is 0 Å². The number of benzene rings is 3. The molecule has 6 nitrogen and oxygen atoms in total. The third-order valence-electron chi connectivity index (χ3n) is 4.78. The summed E-state index contributed by atoms with van der Waals surface area (Å²) in [6, 6.07) is 21.1. The van der Waals surface area contributed by atoms with Crippen molar-refractivity contribution in [2.24, 2.45) is 0 Å². The molecule has 0 heterocycles. The predicted molar refractivity (Wildman–Crippen MR) is 133 cm³/mol. The van der Waals surface area contributed by atoms with E-state index in [1.165, 1.54) is 0 Å². The summed E-state index contributed by atoms with van der Waals surface area (Å²) in [5.74, 6) is 1.71. The minimum atomic E-state index is -0.589. The van der Waals surface area contributed by atoms with E-state index in [1.807, 2.05) is 66.7 Å². The monoisotopic (exact) mass is 462 g/mol. The molecule has 0 N–H and O–H groups in total. The average Bonchev–Trinajstić information content (AvgIpc) is 2.86. The summed E-state index contributed by atoms with van der Waals surface area (Å²) in [7, 11) is 0. The molecule has 0 bridgehead atoms. The molecule has 0 aromatic heterocycles. The third-order valence-corrected chi connectivity index (χ3v) is 4.78. The summed E-state index contributed by atoms with van der Waals surface area (Å²) >= 11 is 0. The second-order valence-corrected chi connectivity index (χ2v) is 7.56. The average molecular weight is 463 g/mol. The number of rotatable bonds is 14. The number of hydrogen-bond acceptors (Lipinski definition) is 6. The Bertz CT molecular complexity index is 1090. The van der Waals surface area contributed by atoms with Crippen LogP contribution in [-0.2, 0) is 14.3 Å². The van der Waals surface area contributed by atoms with Crippen LogP contribution in [-0.4, -0.2) is 45.1 Å². The second-order valence-electron chi connectivity index (χ2n) is 7.56. The van der Waals surface area contributed by atoms with Gasteiger partial charge in [0.2, 0.25) is 0 Å². The molecule has 3 rings (SSSR count). The minimum absolute atomic E-state index is 0.130. The summed E-state index contributed by atoms with van der Waals surface area (Å²) in [5.41, 5.74) is 0.317. The van der Waals surface area contributed by atoms with Crippen molar-refractivity contribution in [2.75, 3.05) is 33.0 Å². The highest BCUT2D eigenvalue weighted by molar-refractivity contribution is 5.93. The molecule has 0 amide bonds. The Morgan fingerprint density at radius 2 is 1.47 bits per heavy atom. The van der Waals surface area contributed by atoms with E-state index in [0.29, 0.717) is 31.1 Å². The summed E-state index contributed by atoms with van der Waals surface area (Å²) in [6.45, 7) is 10.3. The van der Waals surface area contributed by atoms with E-state index in [-0.39, 0.29) is 13.2 Å². The van der Waals surface area contributed by atoms with Crippen LogP contribution >= 0.6 is 0 Å². The van der Waals surface area contributed by atoms with Crippen LogP contribution in [0.5, 0.6) is 17.2 Å². The molecule has 0 saturated heterocycles. The Balaban J connectivity index is 1.64. The Morgan fingerprint density at radius 3 is 2.12 bits per heavy atom. The Kier molecular flexibility index (Phi) is 9.55. The van der Waals surface area contributed by atoms with Crippen molar-refractivity contribution in [3.05, 3.63) is 91.5 Å². The van der Waals surface area contributed by atoms with Gasteiger partial charge in [-0.2, -0.15) is 0 Å². The number of ether oxygens (including phenoxy) is 5. The van der Waals surface area contributed by atoms with Crippen LogP contribution in [0.1, 0.15) is 6.92 Å². The first-order chi connectivity index (χ1) is 16.6. The first kappa shape index (κ1) is 24.9. The third kappa shape index (κ3) is 7.39. The van der Waals surface area contributed by atoms with Gasteiger partial charge in [0.1, 0.15) is 37.1 Å². The van der Waals surface area contributed by atoms with E-state index in [9.17, 15) is 4.79 Å². The summed E-state index contributed by atoms with van der Waals surface area (Å²) in [4.78, 5) is 12.0. The molecule has 0 aliphatic heterocycles. The van der Waals surface area contributed by atoms with Gasteiger partial charge in [0.15, 0.2) is 6.10 Å². The topological polar surface area (TPSA) is 63.2 Å². The molecule has 0 saturated carbocycles. The molecule has 34 heavy (non-hydrogen) atoms. The second kappa shape index (κ2) is 13.1. The van der Waals surface area contributed by atoms with Gasteiger partial charge >= 0.3 is 5.97 Å². The van der Waals surface area contributed by atoms with Crippen molar-refractivity contribution >= 4 is 16.7 Å². The smallest absolute Gasteiger partial charge is 0.333 e. The summed E-state index contributed by atoms with van der Waals surface area (Å²) in [6.07, 6.45) is 1.05. The lowest BCUT2D eigenvalue weighted by Gasteiger charge is -2.20. The molecule has 0 radical (unpaired) electrons. The van der Waals surface area contributed by atoms with E-state index in [1.54, 1.807) is 13.0 Å². The molecule has 0 fully saturated rings. The number of carbonyl (C=O) groups is 1. The van der Waals surface area contributed by atoms with Gasteiger partial charge in [-0.1, -0.05) is 55.1 Å². The maximum atomic E-state index is 12.0. The van der Waals surface area contributed by atoms with Crippen molar-refractivity contribution in [1.82, 2.24) is 0 Å². The van der Waals surface area contributed by atoms with Gasteiger partial charge in [-0.25, -0.2) is 4.79 Å². The van der Waals surface area contributed by atoms with Gasteiger partial charge in [-0.05, 0) is 31.2 Å². The van der Waals surface area contributed by atoms with Gasteiger partial charge in [0.25, 0.3) is 0 Å². The van der Waals surface area contributed by atoms with Gasteiger partial charge in [0.05, 0.1) is 13.2 Å². The molecule has 0 spiro atoms. The molecular formula is C28H30O6. The molecular weight excluding hydrogens is 432 g/mol. The van der Waals surface area contributed by atoms with E-state index in [0.717, 1.165) is 22.3 Å². The number of esters is 1. The summed E-state index contributed by atoms with van der Waals surface area (Å²) < 4.78 is 28.6. The number of carbonyl (C=O) groups excluding carboxylic acids is 1. The van der Waals surface area contributed by atoms with Crippen LogP contribution in [0, 0.1) is 0 Å². The first-order valence-electron chi connectivity index (χ1n) is 11.1. The van der Waals surface area contributed by atoms with Gasteiger partial charge < -0.3 is 23.7 Å². The number of fused-ring (bicyclic) bond motifs is 1. The molecule has 3 aromatic carbocycles. The summed E-state index contributed by atoms with van der Waals surface area (Å²) in [5, 5.41) is 1.80. The van der Waals surface area contributed by atoms with E-state index < -0.39 is 12.1 Å². The maximum Gasteiger partial charge on any atom is 0.333 e. The van der Waals surface area contributed by atoms with Gasteiger partial charge in [-0.15, -0.1) is 6.58 Å². The Labute approximate surface area is 200 Å². The fourth-order valence-electron chi connectivity index (χ4n) is 3.16. The van der Waals surface area contributed by atoms with E-state index in [4.69, 9.17) is 23.7 Å². The quantitative estimate of drug-likeness (QED) is 0.139.